The third kappa shape index (κ3) is 5.94. The lowest BCUT2D eigenvalue weighted by Crippen LogP contribution is -2.46. The summed E-state index contributed by atoms with van der Waals surface area (Å²) in [5, 5.41) is 5.84. The van der Waals surface area contributed by atoms with Crippen LogP contribution in [0.1, 0.15) is 26.7 Å². The van der Waals surface area contributed by atoms with Crippen molar-refractivity contribution >= 4 is 22.6 Å². The van der Waals surface area contributed by atoms with Gasteiger partial charge < -0.3 is 20.4 Å². The van der Waals surface area contributed by atoms with Gasteiger partial charge in [0.1, 0.15) is 24.0 Å². The number of nitrogens with zero attached hydrogens (tertiary/aromatic N) is 2. The van der Waals surface area contributed by atoms with Crippen molar-refractivity contribution in [1.82, 2.24) is 20.3 Å². The summed E-state index contributed by atoms with van der Waals surface area (Å²) in [7, 11) is 0. The van der Waals surface area contributed by atoms with E-state index in [1.807, 2.05) is 17.6 Å². The molecule has 176 valence electrons. The fourth-order valence-corrected chi connectivity index (χ4v) is 3.48. The Kier molecular flexibility index (Phi) is 6.44. The molecule has 1 fully saturated rings. The SMILES string of the molecule is CC(C)C(Nc1cncc(-c2c[nH]c3ncc(OCC4CC4)cc23)c1)C(=O)NCC(F)(F)F. The molecular formula is C23H26F3N5O2. The third-order valence-electron chi connectivity index (χ3n) is 5.47. The van der Waals surface area contributed by atoms with Gasteiger partial charge in [-0.2, -0.15) is 13.2 Å². The summed E-state index contributed by atoms with van der Waals surface area (Å²) in [6.07, 6.45) is 4.65. The first-order valence-electron chi connectivity index (χ1n) is 10.9. The van der Waals surface area contributed by atoms with Crippen LogP contribution in [0.2, 0.25) is 0 Å². The van der Waals surface area contributed by atoms with Gasteiger partial charge in [-0.15, -0.1) is 0 Å². The Labute approximate surface area is 189 Å². The number of pyridine rings is 2. The number of ether oxygens (including phenoxy) is 1. The van der Waals surface area contributed by atoms with Crippen molar-refractivity contribution in [3.05, 3.63) is 36.9 Å². The average molecular weight is 461 g/mol. The maximum atomic E-state index is 12.5. The van der Waals surface area contributed by atoms with Crippen molar-refractivity contribution in [2.75, 3.05) is 18.5 Å². The minimum absolute atomic E-state index is 0.245. The molecule has 1 saturated carbocycles. The van der Waals surface area contributed by atoms with Crippen molar-refractivity contribution in [2.45, 2.75) is 38.9 Å². The molecule has 3 N–H and O–H groups in total. The van der Waals surface area contributed by atoms with Crippen LogP contribution < -0.4 is 15.4 Å². The maximum absolute atomic E-state index is 12.5. The van der Waals surface area contributed by atoms with Crippen molar-refractivity contribution in [2.24, 2.45) is 11.8 Å². The van der Waals surface area contributed by atoms with Gasteiger partial charge in [-0.1, -0.05) is 13.8 Å². The molecule has 3 heterocycles. The summed E-state index contributed by atoms with van der Waals surface area (Å²) in [5.41, 5.74) is 2.85. The summed E-state index contributed by atoms with van der Waals surface area (Å²) in [4.78, 5) is 24.2. The molecule has 4 rings (SSSR count). The predicted molar refractivity (Wildman–Crippen MR) is 119 cm³/mol. The van der Waals surface area contributed by atoms with E-state index in [1.165, 1.54) is 19.0 Å². The number of amides is 1. The molecule has 7 nitrogen and oxygen atoms in total. The van der Waals surface area contributed by atoms with Gasteiger partial charge in [0.2, 0.25) is 5.91 Å². The lowest BCUT2D eigenvalue weighted by molar-refractivity contribution is -0.139. The first-order valence-corrected chi connectivity index (χ1v) is 10.9. The van der Waals surface area contributed by atoms with E-state index < -0.39 is 24.7 Å². The zero-order valence-corrected chi connectivity index (χ0v) is 18.4. The number of aromatic amines is 1. The number of carbonyl (C=O) groups is 1. The molecule has 0 bridgehead atoms. The largest absolute Gasteiger partial charge is 0.492 e. The Bertz CT molecular complexity index is 1120. The molecule has 10 heteroatoms. The molecule has 0 aromatic carbocycles. The topological polar surface area (TPSA) is 91.9 Å². The highest BCUT2D eigenvalue weighted by Crippen LogP contribution is 2.33. The van der Waals surface area contributed by atoms with Gasteiger partial charge in [-0.25, -0.2) is 4.98 Å². The van der Waals surface area contributed by atoms with Crippen LogP contribution in [-0.2, 0) is 4.79 Å². The molecule has 1 amide bonds. The number of fused-ring (bicyclic) bond motifs is 1. The van der Waals surface area contributed by atoms with Crippen molar-refractivity contribution in [3.8, 4) is 16.9 Å². The summed E-state index contributed by atoms with van der Waals surface area (Å²) in [5.74, 6) is 0.353. The molecule has 3 aromatic heterocycles. The summed E-state index contributed by atoms with van der Waals surface area (Å²) >= 11 is 0. The maximum Gasteiger partial charge on any atom is 0.405 e. The first-order chi connectivity index (χ1) is 15.7. The number of nitrogens with one attached hydrogen (secondary N) is 3. The Morgan fingerprint density at radius 3 is 2.73 bits per heavy atom. The van der Waals surface area contributed by atoms with Crippen LogP contribution in [0.3, 0.4) is 0 Å². The molecule has 0 radical (unpaired) electrons. The minimum atomic E-state index is -4.47. The van der Waals surface area contributed by atoms with Gasteiger partial charge in [0, 0.05) is 35.1 Å². The Morgan fingerprint density at radius 1 is 1.24 bits per heavy atom. The highest BCUT2D eigenvalue weighted by atomic mass is 19.4. The van der Waals surface area contributed by atoms with E-state index in [2.05, 4.69) is 20.3 Å². The van der Waals surface area contributed by atoms with Gasteiger partial charge in [0.05, 0.1) is 18.5 Å². The first kappa shape index (κ1) is 22.9. The number of alkyl halides is 3. The molecular weight excluding hydrogens is 435 g/mol. The monoisotopic (exact) mass is 461 g/mol. The molecule has 0 aliphatic heterocycles. The standard InChI is InChI=1S/C23H26F3N5O2/c1-13(2)20(22(32)30-12-23(24,25)26)31-16-5-15(7-27-8-16)19-10-29-21-18(19)6-17(9-28-21)33-11-14-3-4-14/h5-10,13-14,20,31H,3-4,11-12H2,1-2H3,(H,28,29)(H,30,32). The van der Waals surface area contributed by atoms with Gasteiger partial charge in [0.15, 0.2) is 0 Å². The van der Waals surface area contributed by atoms with Crippen molar-refractivity contribution in [3.63, 3.8) is 0 Å². The van der Waals surface area contributed by atoms with E-state index in [9.17, 15) is 18.0 Å². The number of hydrogen-bond donors (Lipinski definition) is 3. The number of rotatable bonds is 9. The Hall–Kier alpha value is -3.30. The molecule has 3 aromatic rings. The summed E-state index contributed by atoms with van der Waals surface area (Å²) < 4.78 is 43.4. The van der Waals surface area contributed by atoms with Gasteiger partial charge >= 0.3 is 6.18 Å². The molecule has 1 aliphatic rings. The number of carbonyl (C=O) groups excluding carboxylic acids is 1. The molecule has 0 spiro atoms. The van der Waals surface area contributed by atoms with E-state index >= 15 is 0 Å². The number of hydrogen-bond acceptors (Lipinski definition) is 5. The summed E-state index contributed by atoms with van der Waals surface area (Å²) in [6.45, 7) is 2.83. The minimum Gasteiger partial charge on any atom is -0.492 e. The van der Waals surface area contributed by atoms with E-state index in [0.29, 0.717) is 29.6 Å². The van der Waals surface area contributed by atoms with Crippen LogP contribution in [0.5, 0.6) is 5.75 Å². The highest BCUT2D eigenvalue weighted by Gasteiger charge is 2.30. The third-order valence-corrected chi connectivity index (χ3v) is 5.47. The van der Waals surface area contributed by atoms with E-state index in [0.717, 1.165) is 16.5 Å². The molecule has 1 atom stereocenters. The Balaban J connectivity index is 1.53. The van der Waals surface area contributed by atoms with Gasteiger partial charge in [-0.05, 0) is 36.8 Å². The number of anilines is 1. The predicted octanol–water partition coefficient (Wildman–Crippen LogP) is 4.53. The van der Waals surface area contributed by atoms with Crippen LogP contribution in [0.15, 0.2) is 36.9 Å². The van der Waals surface area contributed by atoms with Crippen LogP contribution >= 0.6 is 0 Å². The van der Waals surface area contributed by atoms with Crippen LogP contribution in [0.4, 0.5) is 18.9 Å². The number of H-pyrrole nitrogens is 1. The van der Waals surface area contributed by atoms with E-state index in [1.54, 1.807) is 32.3 Å². The van der Waals surface area contributed by atoms with Gasteiger partial charge in [-0.3, -0.25) is 9.78 Å². The molecule has 1 unspecified atom stereocenters. The Morgan fingerprint density at radius 2 is 2.03 bits per heavy atom. The number of halogens is 3. The zero-order chi connectivity index (χ0) is 23.6. The van der Waals surface area contributed by atoms with E-state index in [4.69, 9.17) is 4.74 Å². The molecule has 33 heavy (non-hydrogen) atoms. The average Bonchev–Trinajstić information content (AvgIpc) is 3.51. The lowest BCUT2D eigenvalue weighted by Gasteiger charge is -2.23. The zero-order valence-electron chi connectivity index (χ0n) is 18.4. The molecule has 0 saturated heterocycles. The fourth-order valence-electron chi connectivity index (χ4n) is 3.48. The lowest BCUT2D eigenvalue weighted by atomic mass is 10.0. The number of aromatic nitrogens is 3. The fraction of sp³-hybridized carbons (Fsp3) is 0.435. The smallest absolute Gasteiger partial charge is 0.405 e. The quantitative estimate of drug-likeness (QED) is 0.436. The second-order valence-corrected chi connectivity index (χ2v) is 8.69. The second-order valence-electron chi connectivity index (χ2n) is 8.69. The van der Waals surface area contributed by atoms with Crippen molar-refractivity contribution in [1.29, 1.82) is 0 Å². The second kappa shape index (κ2) is 9.29. The summed E-state index contributed by atoms with van der Waals surface area (Å²) in [6, 6.07) is 2.88. The van der Waals surface area contributed by atoms with Crippen LogP contribution in [0, 0.1) is 11.8 Å². The van der Waals surface area contributed by atoms with Crippen LogP contribution in [0.25, 0.3) is 22.2 Å². The van der Waals surface area contributed by atoms with Gasteiger partial charge in [0.25, 0.3) is 0 Å². The molecule has 1 aliphatic carbocycles. The van der Waals surface area contributed by atoms with Crippen molar-refractivity contribution < 1.29 is 22.7 Å². The normalized spacial score (nSPS) is 15.0. The van der Waals surface area contributed by atoms with E-state index in [-0.39, 0.29) is 5.92 Å². The highest BCUT2D eigenvalue weighted by molar-refractivity contribution is 5.94. The van der Waals surface area contributed by atoms with Crippen LogP contribution in [-0.4, -0.2) is 46.2 Å².